The van der Waals surface area contributed by atoms with Gasteiger partial charge >= 0.3 is 0 Å². The van der Waals surface area contributed by atoms with E-state index in [1.165, 1.54) is 24.8 Å². The maximum atomic E-state index is 11.9. The first-order valence-electron chi connectivity index (χ1n) is 11.0. The number of amides is 1. The molecule has 4 rings (SSSR count). The number of hydrogen-bond donors (Lipinski definition) is 2. The van der Waals surface area contributed by atoms with E-state index in [0.29, 0.717) is 24.0 Å². The largest absolute Gasteiger partial charge is 0.353 e. The van der Waals surface area contributed by atoms with Crippen molar-refractivity contribution >= 4 is 12.0 Å². The zero-order valence-corrected chi connectivity index (χ0v) is 17.6. The number of likely N-dealkylation sites (tertiary alicyclic amines) is 1. The molecule has 3 aliphatic rings. The maximum Gasteiger partial charge on any atom is 0.234 e. The van der Waals surface area contributed by atoms with Gasteiger partial charge < -0.3 is 10.6 Å². The predicted molar refractivity (Wildman–Crippen MR) is 115 cm³/mol. The Morgan fingerprint density at radius 2 is 1.96 bits per heavy atom. The second-order valence-corrected chi connectivity index (χ2v) is 9.57. The average molecular weight is 382 g/mol. The molecule has 1 heterocycles. The molecule has 4 nitrogen and oxygen atoms in total. The first-order valence-corrected chi connectivity index (χ1v) is 11.0. The molecule has 1 amide bonds. The second kappa shape index (κ2) is 8.00. The van der Waals surface area contributed by atoms with E-state index in [-0.39, 0.29) is 11.9 Å². The Bertz CT molecular complexity index is 713. The Morgan fingerprint density at radius 1 is 1.25 bits per heavy atom. The zero-order chi connectivity index (χ0) is 19.7. The normalized spacial score (nSPS) is 26.8. The SMILES string of the molecule is CC/C(=C\c1ccccc1)[C@H]1C[C@@H]1NC1CC2(C1)CN(CC(=O)NC(C)C)C2. The molecule has 0 aromatic heterocycles. The highest BCUT2D eigenvalue weighted by atomic mass is 16.2. The van der Waals surface area contributed by atoms with E-state index < -0.39 is 0 Å². The van der Waals surface area contributed by atoms with Gasteiger partial charge in [-0.05, 0) is 56.4 Å². The van der Waals surface area contributed by atoms with Crippen LogP contribution in [0.25, 0.3) is 6.08 Å². The summed E-state index contributed by atoms with van der Waals surface area (Å²) < 4.78 is 0. The molecule has 152 valence electrons. The maximum absolute atomic E-state index is 11.9. The van der Waals surface area contributed by atoms with Gasteiger partial charge in [-0.2, -0.15) is 0 Å². The smallest absolute Gasteiger partial charge is 0.234 e. The molecule has 1 saturated heterocycles. The van der Waals surface area contributed by atoms with Crippen LogP contribution in [0.1, 0.15) is 52.0 Å². The lowest BCUT2D eigenvalue weighted by Gasteiger charge is -2.59. The van der Waals surface area contributed by atoms with Crippen LogP contribution in [-0.2, 0) is 4.79 Å². The van der Waals surface area contributed by atoms with Gasteiger partial charge in [0.2, 0.25) is 5.91 Å². The van der Waals surface area contributed by atoms with E-state index >= 15 is 0 Å². The van der Waals surface area contributed by atoms with E-state index in [1.54, 1.807) is 5.57 Å². The molecule has 3 fully saturated rings. The van der Waals surface area contributed by atoms with Crippen LogP contribution in [0, 0.1) is 11.3 Å². The molecule has 1 aliphatic heterocycles. The number of carbonyl (C=O) groups is 1. The van der Waals surface area contributed by atoms with Crippen LogP contribution in [0.15, 0.2) is 35.9 Å². The molecule has 4 heteroatoms. The Morgan fingerprint density at radius 3 is 2.61 bits per heavy atom. The molecule has 0 radical (unpaired) electrons. The van der Waals surface area contributed by atoms with Crippen molar-refractivity contribution < 1.29 is 4.79 Å². The van der Waals surface area contributed by atoms with Crippen LogP contribution in [0.2, 0.25) is 0 Å². The molecule has 1 aromatic carbocycles. The number of nitrogens with zero attached hydrogens (tertiary/aromatic N) is 1. The van der Waals surface area contributed by atoms with Crippen molar-refractivity contribution in [1.29, 1.82) is 0 Å². The van der Waals surface area contributed by atoms with Crippen molar-refractivity contribution in [3.8, 4) is 0 Å². The fourth-order valence-electron chi connectivity index (χ4n) is 5.27. The van der Waals surface area contributed by atoms with Crippen molar-refractivity contribution in [1.82, 2.24) is 15.5 Å². The van der Waals surface area contributed by atoms with Crippen LogP contribution in [0.3, 0.4) is 0 Å². The molecule has 0 unspecified atom stereocenters. The van der Waals surface area contributed by atoms with Crippen molar-refractivity contribution in [2.24, 2.45) is 11.3 Å². The minimum atomic E-state index is 0.164. The quantitative estimate of drug-likeness (QED) is 0.725. The second-order valence-electron chi connectivity index (χ2n) is 9.57. The van der Waals surface area contributed by atoms with Crippen LogP contribution in [0.4, 0.5) is 0 Å². The van der Waals surface area contributed by atoms with Gasteiger partial charge in [-0.25, -0.2) is 0 Å². The van der Waals surface area contributed by atoms with Crippen molar-refractivity contribution in [2.45, 2.75) is 64.6 Å². The average Bonchev–Trinajstić information content (AvgIpc) is 3.35. The third kappa shape index (κ3) is 4.49. The number of carbonyl (C=O) groups excluding carboxylic acids is 1. The fourth-order valence-corrected chi connectivity index (χ4v) is 5.27. The first-order chi connectivity index (χ1) is 13.5. The van der Waals surface area contributed by atoms with E-state index in [4.69, 9.17) is 0 Å². The van der Waals surface area contributed by atoms with E-state index in [9.17, 15) is 4.79 Å². The molecule has 1 spiro atoms. The lowest BCUT2D eigenvalue weighted by molar-refractivity contribution is -0.130. The van der Waals surface area contributed by atoms with Gasteiger partial charge in [0.1, 0.15) is 0 Å². The first kappa shape index (κ1) is 19.7. The molecule has 0 bridgehead atoms. The van der Waals surface area contributed by atoms with E-state index in [1.807, 2.05) is 13.8 Å². The summed E-state index contributed by atoms with van der Waals surface area (Å²) in [4.78, 5) is 14.2. The minimum absolute atomic E-state index is 0.164. The molecule has 2 atom stereocenters. The number of benzene rings is 1. The fraction of sp³-hybridized carbons (Fsp3) is 0.625. The molecule has 28 heavy (non-hydrogen) atoms. The summed E-state index contributed by atoms with van der Waals surface area (Å²) >= 11 is 0. The third-order valence-corrected chi connectivity index (χ3v) is 6.57. The van der Waals surface area contributed by atoms with Crippen LogP contribution in [-0.4, -0.2) is 48.6 Å². The summed E-state index contributed by atoms with van der Waals surface area (Å²) in [6.45, 7) is 9.06. The zero-order valence-electron chi connectivity index (χ0n) is 17.6. The Kier molecular flexibility index (Phi) is 5.62. The lowest BCUT2D eigenvalue weighted by Crippen LogP contribution is -2.67. The summed E-state index contributed by atoms with van der Waals surface area (Å²) in [5.74, 6) is 0.886. The highest BCUT2D eigenvalue weighted by molar-refractivity contribution is 5.78. The minimum Gasteiger partial charge on any atom is -0.353 e. The number of nitrogens with one attached hydrogen (secondary N) is 2. The predicted octanol–water partition coefficient (Wildman–Crippen LogP) is 3.45. The van der Waals surface area contributed by atoms with Crippen molar-refractivity contribution in [3.05, 3.63) is 41.5 Å². The third-order valence-electron chi connectivity index (χ3n) is 6.57. The monoisotopic (exact) mass is 381 g/mol. The van der Waals surface area contributed by atoms with Crippen LogP contribution in [0.5, 0.6) is 0 Å². The van der Waals surface area contributed by atoms with E-state index in [0.717, 1.165) is 25.4 Å². The summed E-state index contributed by atoms with van der Waals surface area (Å²) in [6.07, 6.45) is 7.38. The van der Waals surface area contributed by atoms with Gasteiger partial charge in [0, 0.05) is 31.2 Å². The Labute approximate surface area is 169 Å². The van der Waals surface area contributed by atoms with Crippen LogP contribution < -0.4 is 10.6 Å². The lowest BCUT2D eigenvalue weighted by atomic mass is 9.60. The molecule has 2 N–H and O–H groups in total. The van der Waals surface area contributed by atoms with Gasteiger partial charge in [0.15, 0.2) is 0 Å². The Balaban J connectivity index is 1.18. The highest BCUT2D eigenvalue weighted by Gasteiger charge is 2.54. The number of rotatable bonds is 8. The van der Waals surface area contributed by atoms with Crippen molar-refractivity contribution in [2.75, 3.05) is 19.6 Å². The van der Waals surface area contributed by atoms with Gasteiger partial charge in [-0.1, -0.05) is 48.9 Å². The van der Waals surface area contributed by atoms with E-state index in [2.05, 4.69) is 58.9 Å². The van der Waals surface area contributed by atoms with Crippen molar-refractivity contribution in [3.63, 3.8) is 0 Å². The standard InChI is InChI=1S/C24H35N3O/c1-4-19(10-18-8-6-5-7-9-18)21-11-22(21)26-20-12-24(13-20)15-27(16-24)14-23(28)25-17(2)3/h5-10,17,20-22,26H,4,11-16H2,1-3H3,(H,25,28)/b19-10+/t21-,22+/m1/s1. The van der Waals surface area contributed by atoms with Gasteiger partial charge in [-0.15, -0.1) is 0 Å². The molecular formula is C24H35N3O. The van der Waals surface area contributed by atoms with Gasteiger partial charge in [-0.3, -0.25) is 9.69 Å². The van der Waals surface area contributed by atoms with Crippen LogP contribution >= 0.6 is 0 Å². The molecule has 2 saturated carbocycles. The topological polar surface area (TPSA) is 44.4 Å². The molecular weight excluding hydrogens is 346 g/mol. The summed E-state index contributed by atoms with van der Waals surface area (Å²) in [6, 6.07) is 12.3. The van der Waals surface area contributed by atoms with Gasteiger partial charge in [0.25, 0.3) is 0 Å². The number of hydrogen-bond acceptors (Lipinski definition) is 3. The van der Waals surface area contributed by atoms with Gasteiger partial charge in [0.05, 0.1) is 6.54 Å². The Hall–Kier alpha value is -1.65. The summed E-state index contributed by atoms with van der Waals surface area (Å²) in [5.41, 5.74) is 3.40. The molecule has 2 aliphatic carbocycles. The summed E-state index contributed by atoms with van der Waals surface area (Å²) in [7, 11) is 0. The molecule has 1 aromatic rings. The highest BCUT2D eigenvalue weighted by Crippen LogP contribution is 2.50. The summed E-state index contributed by atoms with van der Waals surface area (Å²) in [5, 5.41) is 6.90.